The summed E-state index contributed by atoms with van der Waals surface area (Å²) >= 11 is 1.44. The number of nitrogen functional groups attached to an aromatic ring is 1. The van der Waals surface area contributed by atoms with Gasteiger partial charge < -0.3 is 11.1 Å². The molecule has 1 fully saturated rings. The lowest BCUT2D eigenvalue weighted by molar-refractivity contribution is 0.209. The number of hydrogen-bond donors (Lipinski definition) is 2. The molecule has 20 heavy (non-hydrogen) atoms. The van der Waals surface area contributed by atoms with Crippen LogP contribution in [0.15, 0.2) is 36.4 Å². The first kappa shape index (κ1) is 13.4. The first-order chi connectivity index (χ1) is 9.79. The van der Waals surface area contributed by atoms with Gasteiger partial charge in [0.25, 0.3) is 0 Å². The fraction of sp³-hybridized carbons (Fsp3) is 0.400. The van der Waals surface area contributed by atoms with E-state index in [4.69, 9.17) is 5.73 Å². The van der Waals surface area contributed by atoms with Crippen LogP contribution in [0.25, 0.3) is 0 Å². The van der Waals surface area contributed by atoms with Gasteiger partial charge in [0.15, 0.2) is 0 Å². The van der Waals surface area contributed by atoms with E-state index in [0.717, 1.165) is 18.1 Å². The van der Waals surface area contributed by atoms with Gasteiger partial charge in [0.2, 0.25) is 0 Å². The van der Waals surface area contributed by atoms with Crippen molar-refractivity contribution in [3.8, 4) is 0 Å². The monoisotopic (exact) mass is 288 g/mol. The Morgan fingerprint density at radius 2 is 2.20 bits per heavy atom. The third kappa shape index (κ3) is 3.49. The highest BCUT2D eigenvalue weighted by molar-refractivity contribution is 7.10. The first-order valence-corrected chi connectivity index (χ1v) is 7.82. The van der Waals surface area contributed by atoms with Gasteiger partial charge in [-0.3, -0.25) is 4.90 Å². The maximum absolute atomic E-state index is 5.66. The van der Waals surface area contributed by atoms with Crippen molar-refractivity contribution in [2.24, 2.45) is 0 Å². The van der Waals surface area contributed by atoms with Crippen LogP contribution in [-0.2, 0) is 6.54 Å². The number of aromatic nitrogens is 1. The van der Waals surface area contributed by atoms with Crippen molar-refractivity contribution in [3.05, 3.63) is 42.0 Å². The molecule has 2 heterocycles. The lowest BCUT2D eigenvalue weighted by atomic mass is 10.0. The smallest absolute Gasteiger partial charge is 0.139 e. The van der Waals surface area contributed by atoms with Gasteiger partial charge in [-0.1, -0.05) is 30.3 Å². The fourth-order valence-electron chi connectivity index (χ4n) is 2.72. The van der Waals surface area contributed by atoms with Crippen molar-refractivity contribution >= 4 is 22.4 Å². The lowest BCUT2D eigenvalue weighted by Gasteiger charge is -2.33. The number of nitrogens with zero attached hydrogens (tertiary/aromatic N) is 2. The van der Waals surface area contributed by atoms with Crippen LogP contribution in [0.4, 0.5) is 10.8 Å². The van der Waals surface area contributed by atoms with Crippen LogP contribution in [0.3, 0.4) is 0 Å². The molecule has 1 aromatic carbocycles. The number of likely N-dealkylation sites (tertiary alicyclic amines) is 1. The van der Waals surface area contributed by atoms with Crippen LogP contribution in [0.5, 0.6) is 0 Å². The molecular formula is C15H20N4S. The van der Waals surface area contributed by atoms with Crippen molar-refractivity contribution in [2.75, 3.05) is 24.1 Å². The highest BCUT2D eigenvalue weighted by Gasteiger charge is 2.20. The van der Waals surface area contributed by atoms with E-state index in [-0.39, 0.29) is 0 Å². The van der Waals surface area contributed by atoms with E-state index in [1.54, 1.807) is 0 Å². The zero-order valence-corrected chi connectivity index (χ0v) is 12.3. The van der Waals surface area contributed by atoms with E-state index in [0.29, 0.717) is 11.9 Å². The van der Waals surface area contributed by atoms with Gasteiger partial charge in [0.1, 0.15) is 10.8 Å². The van der Waals surface area contributed by atoms with Crippen molar-refractivity contribution < 1.29 is 0 Å². The Labute approximate surface area is 123 Å². The van der Waals surface area contributed by atoms with Crippen molar-refractivity contribution in [1.29, 1.82) is 0 Å². The Hall–Kier alpha value is -1.59. The van der Waals surface area contributed by atoms with Crippen molar-refractivity contribution in [1.82, 2.24) is 9.27 Å². The minimum atomic E-state index is 0.493. The minimum absolute atomic E-state index is 0.493. The van der Waals surface area contributed by atoms with Gasteiger partial charge in [-0.05, 0) is 36.5 Å². The predicted octanol–water partition coefficient (Wildman–Crippen LogP) is 2.80. The fourth-order valence-corrected chi connectivity index (χ4v) is 3.37. The summed E-state index contributed by atoms with van der Waals surface area (Å²) in [5.41, 5.74) is 7.05. The minimum Gasteiger partial charge on any atom is -0.383 e. The third-order valence-electron chi connectivity index (χ3n) is 3.63. The largest absolute Gasteiger partial charge is 0.383 e. The second-order valence-electron chi connectivity index (χ2n) is 5.32. The summed E-state index contributed by atoms with van der Waals surface area (Å²) in [6.07, 6.45) is 2.45. The second kappa shape index (κ2) is 6.24. The Bertz CT molecular complexity index is 540. The number of rotatable bonds is 4. The molecule has 1 aliphatic rings. The molecule has 0 spiro atoms. The number of piperidine rings is 1. The van der Waals surface area contributed by atoms with E-state index < -0.39 is 0 Å². The molecule has 3 rings (SSSR count). The van der Waals surface area contributed by atoms with Crippen LogP contribution in [0.1, 0.15) is 18.4 Å². The summed E-state index contributed by atoms with van der Waals surface area (Å²) < 4.78 is 4.11. The molecule has 0 amide bonds. The lowest BCUT2D eigenvalue weighted by Crippen LogP contribution is -2.41. The summed E-state index contributed by atoms with van der Waals surface area (Å²) in [6, 6.07) is 13.1. The van der Waals surface area contributed by atoms with Crippen LogP contribution >= 0.6 is 11.5 Å². The molecule has 1 aromatic heterocycles. The SMILES string of the molecule is Nc1cc(NC2CCCN(Cc3ccccc3)C2)sn1. The first-order valence-electron chi connectivity index (χ1n) is 7.04. The summed E-state index contributed by atoms with van der Waals surface area (Å²) in [5.74, 6) is 0.606. The predicted molar refractivity (Wildman–Crippen MR) is 84.9 cm³/mol. The molecule has 1 atom stereocenters. The van der Waals surface area contributed by atoms with E-state index in [9.17, 15) is 0 Å². The molecular weight excluding hydrogens is 268 g/mol. The van der Waals surface area contributed by atoms with Gasteiger partial charge >= 0.3 is 0 Å². The van der Waals surface area contributed by atoms with E-state index >= 15 is 0 Å². The number of nitrogens with two attached hydrogens (primary N) is 1. The van der Waals surface area contributed by atoms with Crippen LogP contribution in [-0.4, -0.2) is 28.4 Å². The van der Waals surface area contributed by atoms with Gasteiger partial charge in [-0.2, -0.15) is 4.37 Å². The molecule has 106 valence electrons. The molecule has 2 aromatic rings. The van der Waals surface area contributed by atoms with Crippen LogP contribution in [0, 0.1) is 0 Å². The third-order valence-corrected chi connectivity index (χ3v) is 4.36. The van der Waals surface area contributed by atoms with E-state index in [2.05, 4.69) is 44.9 Å². The van der Waals surface area contributed by atoms with Gasteiger partial charge in [-0.15, -0.1) is 0 Å². The topological polar surface area (TPSA) is 54.2 Å². The summed E-state index contributed by atoms with van der Waals surface area (Å²) in [6.45, 7) is 3.29. The maximum Gasteiger partial charge on any atom is 0.139 e. The number of nitrogens with one attached hydrogen (secondary N) is 1. The maximum atomic E-state index is 5.66. The summed E-state index contributed by atoms with van der Waals surface area (Å²) in [5, 5.41) is 4.63. The summed E-state index contributed by atoms with van der Waals surface area (Å²) in [7, 11) is 0. The molecule has 0 bridgehead atoms. The average Bonchev–Trinajstić information content (AvgIpc) is 2.86. The normalized spacial score (nSPS) is 19.9. The Kier molecular flexibility index (Phi) is 4.18. The standard InChI is InChI=1S/C15H20N4S/c16-14-9-15(20-18-14)17-13-7-4-8-19(11-13)10-12-5-2-1-3-6-12/h1-3,5-6,9,13,17H,4,7-8,10-11H2,(H2,16,18). The molecule has 3 N–H and O–H groups in total. The Balaban J connectivity index is 1.56. The van der Waals surface area contributed by atoms with Gasteiger partial charge in [-0.25, -0.2) is 0 Å². The number of hydrogen-bond acceptors (Lipinski definition) is 5. The van der Waals surface area contributed by atoms with Gasteiger partial charge in [0.05, 0.1) is 0 Å². The average molecular weight is 288 g/mol. The molecule has 4 nitrogen and oxygen atoms in total. The molecule has 0 aliphatic carbocycles. The zero-order valence-electron chi connectivity index (χ0n) is 11.5. The molecule has 5 heteroatoms. The van der Waals surface area contributed by atoms with Crippen molar-refractivity contribution in [3.63, 3.8) is 0 Å². The van der Waals surface area contributed by atoms with E-state index in [1.807, 2.05) is 6.07 Å². The van der Waals surface area contributed by atoms with Crippen LogP contribution < -0.4 is 11.1 Å². The molecule has 1 aliphatic heterocycles. The molecule has 0 radical (unpaired) electrons. The van der Waals surface area contributed by atoms with Gasteiger partial charge in [0, 0.05) is 25.2 Å². The highest BCUT2D eigenvalue weighted by atomic mass is 32.1. The highest BCUT2D eigenvalue weighted by Crippen LogP contribution is 2.22. The quantitative estimate of drug-likeness (QED) is 0.908. The number of benzene rings is 1. The second-order valence-corrected chi connectivity index (χ2v) is 6.13. The number of anilines is 2. The van der Waals surface area contributed by atoms with E-state index in [1.165, 1.54) is 36.5 Å². The molecule has 0 saturated carbocycles. The van der Waals surface area contributed by atoms with Crippen LogP contribution in [0.2, 0.25) is 0 Å². The van der Waals surface area contributed by atoms with Crippen molar-refractivity contribution in [2.45, 2.75) is 25.4 Å². The Morgan fingerprint density at radius 3 is 2.95 bits per heavy atom. The molecule has 1 unspecified atom stereocenters. The molecule has 1 saturated heterocycles. The summed E-state index contributed by atoms with van der Waals surface area (Å²) in [4.78, 5) is 2.51. The Morgan fingerprint density at radius 1 is 1.35 bits per heavy atom. The zero-order chi connectivity index (χ0) is 13.8.